The van der Waals surface area contributed by atoms with Crippen LogP contribution in [0.5, 0.6) is 0 Å². The van der Waals surface area contributed by atoms with Gasteiger partial charge in [-0.2, -0.15) is 0 Å². The van der Waals surface area contributed by atoms with E-state index < -0.39 is 11.9 Å². The predicted octanol–water partition coefficient (Wildman–Crippen LogP) is 1.52. The quantitative estimate of drug-likeness (QED) is 0.771. The lowest BCUT2D eigenvalue weighted by Crippen LogP contribution is -2.47. The van der Waals surface area contributed by atoms with Crippen LogP contribution in [0.15, 0.2) is 12.2 Å². The molecule has 4 atom stereocenters. The zero-order valence-corrected chi connectivity index (χ0v) is 10.6. The number of hydrogen-bond acceptors (Lipinski definition) is 2. The largest absolute Gasteiger partial charge is 0.481 e. The number of fused-ring (bicyclic) bond motifs is 2. The molecule has 0 heterocycles. The van der Waals surface area contributed by atoms with Crippen LogP contribution in [0.3, 0.4) is 0 Å². The SMILES string of the molecule is CN(C(=O)[C@H]1C2C=CC(C2)[C@H]1C(=O)O)C1CCC1. The smallest absolute Gasteiger partial charge is 0.307 e. The van der Waals surface area contributed by atoms with Crippen molar-refractivity contribution in [3.63, 3.8) is 0 Å². The fourth-order valence-electron chi connectivity index (χ4n) is 3.68. The molecule has 2 bridgehead atoms. The van der Waals surface area contributed by atoms with Crippen LogP contribution in [-0.2, 0) is 9.59 Å². The second-order valence-electron chi connectivity index (χ2n) is 5.87. The highest BCUT2D eigenvalue weighted by Gasteiger charge is 2.52. The van der Waals surface area contributed by atoms with Gasteiger partial charge in [0.15, 0.2) is 0 Å². The molecule has 0 aromatic rings. The number of amides is 1. The van der Waals surface area contributed by atoms with Gasteiger partial charge in [-0.1, -0.05) is 12.2 Å². The molecule has 0 aliphatic heterocycles. The molecule has 1 N–H and O–H groups in total. The normalized spacial score (nSPS) is 37.6. The van der Waals surface area contributed by atoms with Gasteiger partial charge in [-0.3, -0.25) is 9.59 Å². The maximum Gasteiger partial charge on any atom is 0.307 e. The lowest BCUT2D eigenvalue weighted by molar-refractivity contribution is -0.152. The Kier molecular flexibility index (Phi) is 2.68. The van der Waals surface area contributed by atoms with Crippen molar-refractivity contribution in [1.82, 2.24) is 4.90 Å². The van der Waals surface area contributed by atoms with E-state index in [0.717, 1.165) is 19.3 Å². The molecule has 0 aromatic carbocycles. The summed E-state index contributed by atoms with van der Waals surface area (Å²) in [5.74, 6) is -1.39. The molecule has 0 spiro atoms. The monoisotopic (exact) mass is 249 g/mol. The van der Waals surface area contributed by atoms with E-state index in [1.165, 1.54) is 6.42 Å². The first-order valence-electron chi connectivity index (χ1n) is 6.77. The van der Waals surface area contributed by atoms with E-state index >= 15 is 0 Å². The molecular weight excluding hydrogens is 230 g/mol. The second kappa shape index (κ2) is 4.11. The fraction of sp³-hybridized carbons (Fsp3) is 0.714. The summed E-state index contributed by atoms with van der Waals surface area (Å²) in [5, 5.41) is 9.34. The van der Waals surface area contributed by atoms with Gasteiger partial charge in [0.25, 0.3) is 0 Å². The van der Waals surface area contributed by atoms with E-state index in [-0.39, 0.29) is 23.7 Å². The van der Waals surface area contributed by atoms with Crippen LogP contribution in [0.1, 0.15) is 25.7 Å². The van der Waals surface area contributed by atoms with Gasteiger partial charge in [0.1, 0.15) is 0 Å². The van der Waals surface area contributed by atoms with Crippen LogP contribution in [-0.4, -0.2) is 35.0 Å². The highest BCUT2D eigenvalue weighted by molar-refractivity contribution is 5.87. The molecule has 2 saturated carbocycles. The van der Waals surface area contributed by atoms with Crippen LogP contribution in [0.2, 0.25) is 0 Å². The number of aliphatic carboxylic acids is 1. The van der Waals surface area contributed by atoms with Gasteiger partial charge < -0.3 is 10.0 Å². The number of nitrogens with zero attached hydrogens (tertiary/aromatic N) is 1. The molecule has 4 heteroatoms. The zero-order valence-electron chi connectivity index (χ0n) is 10.6. The van der Waals surface area contributed by atoms with E-state index in [9.17, 15) is 14.7 Å². The first-order chi connectivity index (χ1) is 8.59. The fourth-order valence-corrected chi connectivity index (χ4v) is 3.68. The molecule has 3 aliphatic carbocycles. The number of allylic oxidation sites excluding steroid dienone is 2. The first-order valence-corrected chi connectivity index (χ1v) is 6.77. The topological polar surface area (TPSA) is 57.6 Å². The Morgan fingerprint density at radius 1 is 1.17 bits per heavy atom. The number of rotatable bonds is 3. The standard InChI is InChI=1S/C14H19NO3/c1-15(10-3-2-4-10)13(16)11-8-5-6-9(7-8)12(11)14(17)18/h5-6,8-12H,2-4,7H2,1H3,(H,17,18)/t8?,9?,11-,12+/m0/s1. The van der Waals surface area contributed by atoms with Gasteiger partial charge in [-0.15, -0.1) is 0 Å². The summed E-state index contributed by atoms with van der Waals surface area (Å²) >= 11 is 0. The van der Waals surface area contributed by atoms with Crippen molar-refractivity contribution in [1.29, 1.82) is 0 Å². The molecule has 2 fully saturated rings. The molecule has 1 amide bonds. The Morgan fingerprint density at radius 2 is 1.78 bits per heavy atom. The summed E-state index contributed by atoms with van der Waals surface area (Å²) in [6.45, 7) is 0. The second-order valence-corrected chi connectivity index (χ2v) is 5.87. The Morgan fingerprint density at radius 3 is 2.28 bits per heavy atom. The Labute approximate surface area is 107 Å². The Hall–Kier alpha value is -1.32. The minimum Gasteiger partial charge on any atom is -0.481 e. The molecule has 98 valence electrons. The van der Waals surface area contributed by atoms with E-state index in [1.54, 1.807) is 4.90 Å². The van der Waals surface area contributed by atoms with Gasteiger partial charge in [-0.25, -0.2) is 0 Å². The molecule has 3 aliphatic rings. The van der Waals surface area contributed by atoms with E-state index in [0.29, 0.717) is 6.04 Å². The van der Waals surface area contributed by atoms with E-state index in [1.807, 2.05) is 19.2 Å². The summed E-state index contributed by atoms with van der Waals surface area (Å²) < 4.78 is 0. The summed E-state index contributed by atoms with van der Waals surface area (Å²) in [6.07, 6.45) is 8.18. The van der Waals surface area contributed by atoms with Crippen molar-refractivity contribution >= 4 is 11.9 Å². The average Bonchev–Trinajstić information content (AvgIpc) is 2.84. The summed E-state index contributed by atoms with van der Waals surface area (Å²) in [4.78, 5) is 25.7. The minimum atomic E-state index is -0.813. The van der Waals surface area contributed by atoms with Crippen LogP contribution in [0, 0.1) is 23.7 Å². The third-order valence-corrected chi connectivity index (χ3v) is 5.00. The molecule has 3 rings (SSSR count). The average molecular weight is 249 g/mol. The van der Waals surface area contributed by atoms with Crippen molar-refractivity contribution in [3.8, 4) is 0 Å². The number of carboxylic acid groups (broad SMARTS) is 1. The summed E-state index contributed by atoms with van der Waals surface area (Å²) in [5.41, 5.74) is 0. The number of carbonyl (C=O) groups is 2. The maximum absolute atomic E-state index is 12.5. The van der Waals surface area contributed by atoms with Crippen molar-refractivity contribution in [3.05, 3.63) is 12.2 Å². The summed E-state index contributed by atoms with van der Waals surface area (Å²) in [7, 11) is 1.83. The van der Waals surface area contributed by atoms with Crippen LogP contribution < -0.4 is 0 Å². The highest BCUT2D eigenvalue weighted by Crippen LogP contribution is 2.49. The lowest BCUT2D eigenvalue weighted by atomic mass is 9.81. The van der Waals surface area contributed by atoms with Gasteiger partial charge in [-0.05, 0) is 37.5 Å². The first kappa shape index (κ1) is 11.8. The van der Waals surface area contributed by atoms with Gasteiger partial charge in [0, 0.05) is 13.1 Å². The van der Waals surface area contributed by atoms with Gasteiger partial charge in [0.2, 0.25) is 5.91 Å². The van der Waals surface area contributed by atoms with Gasteiger partial charge >= 0.3 is 5.97 Å². The predicted molar refractivity (Wildman–Crippen MR) is 65.8 cm³/mol. The maximum atomic E-state index is 12.5. The van der Waals surface area contributed by atoms with Crippen molar-refractivity contribution in [2.24, 2.45) is 23.7 Å². The van der Waals surface area contributed by atoms with E-state index in [4.69, 9.17) is 0 Å². The number of carbonyl (C=O) groups excluding carboxylic acids is 1. The van der Waals surface area contributed by atoms with Crippen molar-refractivity contribution in [2.75, 3.05) is 7.05 Å². The lowest BCUT2D eigenvalue weighted by Gasteiger charge is -2.38. The van der Waals surface area contributed by atoms with Gasteiger partial charge in [0.05, 0.1) is 11.8 Å². The third kappa shape index (κ3) is 1.58. The van der Waals surface area contributed by atoms with Crippen LogP contribution in [0.25, 0.3) is 0 Å². The third-order valence-electron chi connectivity index (χ3n) is 5.00. The Bertz CT molecular complexity index is 413. The van der Waals surface area contributed by atoms with Crippen LogP contribution >= 0.6 is 0 Å². The zero-order chi connectivity index (χ0) is 12.9. The molecular formula is C14H19NO3. The molecule has 0 radical (unpaired) electrons. The van der Waals surface area contributed by atoms with Crippen LogP contribution in [0.4, 0.5) is 0 Å². The van der Waals surface area contributed by atoms with Crippen molar-refractivity contribution < 1.29 is 14.7 Å². The minimum absolute atomic E-state index is 0.0453. The molecule has 0 aromatic heterocycles. The summed E-state index contributed by atoms with van der Waals surface area (Å²) in [6, 6.07) is 0.343. The molecule has 4 nitrogen and oxygen atoms in total. The van der Waals surface area contributed by atoms with Crippen molar-refractivity contribution in [2.45, 2.75) is 31.7 Å². The number of carboxylic acids is 1. The number of hydrogen-bond donors (Lipinski definition) is 1. The van der Waals surface area contributed by atoms with E-state index in [2.05, 4.69) is 0 Å². The highest BCUT2D eigenvalue weighted by atomic mass is 16.4. The molecule has 0 saturated heterocycles. The molecule has 2 unspecified atom stereocenters. The Balaban J connectivity index is 1.79. The molecule has 18 heavy (non-hydrogen) atoms.